The van der Waals surface area contributed by atoms with Crippen LogP contribution in [0.2, 0.25) is 0 Å². The summed E-state index contributed by atoms with van der Waals surface area (Å²) in [7, 11) is 0. The molecule has 0 saturated carbocycles. The molecule has 3 aromatic carbocycles. The maximum absolute atomic E-state index is 3.80. The van der Waals surface area contributed by atoms with Crippen LogP contribution in [-0.4, -0.2) is 0 Å². The van der Waals surface area contributed by atoms with Gasteiger partial charge in [0, 0.05) is 5.33 Å². The van der Waals surface area contributed by atoms with Gasteiger partial charge < -0.3 is 0 Å². The Balaban J connectivity index is 1.71. The van der Waals surface area contributed by atoms with E-state index >= 15 is 0 Å². The van der Waals surface area contributed by atoms with Gasteiger partial charge in [-0.05, 0) is 34.2 Å². The Morgan fingerprint density at radius 3 is 1.65 bits per heavy atom. The van der Waals surface area contributed by atoms with Crippen LogP contribution in [0.1, 0.15) is 32.6 Å². The SMILES string of the molecule is BrCc1ccc(Cc2ccc(C(Br)c3ccccc3)cc2)cc1. The van der Waals surface area contributed by atoms with E-state index in [0.29, 0.717) is 0 Å². The predicted molar refractivity (Wildman–Crippen MR) is 106 cm³/mol. The molecule has 3 aromatic rings. The molecule has 3 rings (SSSR count). The summed E-state index contributed by atoms with van der Waals surface area (Å²) in [5.74, 6) is 0. The molecular weight excluding hydrogens is 412 g/mol. The first kappa shape index (κ1) is 16.5. The van der Waals surface area contributed by atoms with Crippen molar-refractivity contribution in [1.29, 1.82) is 0 Å². The predicted octanol–water partition coefficient (Wildman–Crippen LogP) is 6.66. The molecule has 116 valence electrons. The van der Waals surface area contributed by atoms with E-state index < -0.39 is 0 Å². The third kappa shape index (κ3) is 4.33. The molecule has 0 nitrogen and oxygen atoms in total. The second-order valence-corrected chi connectivity index (χ2v) is 7.12. The van der Waals surface area contributed by atoms with Gasteiger partial charge >= 0.3 is 0 Å². The normalized spacial score (nSPS) is 12.1. The van der Waals surface area contributed by atoms with E-state index in [1.54, 1.807) is 0 Å². The maximum atomic E-state index is 3.80. The van der Waals surface area contributed by atoms with Crippen LogP contribution >= 0.6 is 31.9 Å². The summed E-state index contributed by atoms with van der Waals surface area (Å²) < 4.78 is 0. The molecule has 0 spiro atoms. The van der Waals surface area contributed by atoms with Crippen molar-refractivity contribution in [3.05, 3.63) is 107 Å². The van der Waals surface area contributed by atoms with Crippen molar-refractivity contribution < 1.29 is 0 Å². The Bertz CT molecular complexity index is 731. The van der Waals surface area contributed by atoms with E-state index in [1.165, 1.54) is 27.8 Å². The fraction of sp³-hybridized carbons (Fsp3) is 0.143. The van der Waals surface area contributed by atoms with Gasteiger partial charge in [0.2, 0.25) is 0 Å². The highest BCUT2D eigenvalue weighted by Crippen LogP contribution is 2.30. The van der Waals surface area contributed by atoms with Crippen LogP contribution in [0.4, 0.5) is 0 Å². The largest absolute Gasteiger partial charge is 0.0876 e. The number of hydrogen-bond donors (Lipinski definition) is 0. The number of rotatable bonds is 5. The lowest BCUT2D eigenvalue weighted by Gasteiger charge is -2.11. The summed E-state index contributed by atoms with van der Waals surface area (Å²) in [6.45, 7) is 0. The minimum atomic E-state index is 0.246. The van der Waals surface area contributed by atoms with Crippen LogP contribution in [0.5, 0.6) is 0 Å². The molecular formula is C21H18Br2. The molecule has 0 aromatic heterocycles. The Morgan fingerprint density at radius 1 is 0.609 bits per heavy atom. The summed E-state index contributed by atoms with van der Waals surface area (Å²) in [5.41, 5.74) is 6.57. The first-order valence-electron chi connectivity index (χ1n) is 7.68. The van der Waals surface area contributed by atoms with Gasteiger partial charge in [-0.1, -0.05) is 111 Å². The van der Waals surface area contributed by atoms with E-state index in [0.717, 1.165) is 11.8 Å². The minimum absolute atomic E-state index is 0.246. The lowest BCUT2D eigenvalue weighted by Crippen LogP contribution is -1.94. The van der Waals surface area contributed by atoms with Gasteiger partial charge in [-0.3, -0.25) is 0 Å². The highest BCUT2D eigenvalue weighted by molar-refractivity contribution is 9.09. The Morgan fingerprint density at radius 2 is 1.09 bits per heavy atom. The van der Waals surface area contributed by atoms with E-state index in [4.69, 9.17) is 0 Å². The average molecular weight is 430 g/mol. The second-order valence-electron chi connectivity index (χ2n) is 5.64. The third-order valence-electron chi connectivity index (χ3n) is 3.95. The van der Waals surface area contributed by atoms with Crippen LogP contribution in [0.25, 0.3) is 0 Å². The molecule has 0 bridgehead atoms. The molecule has 23 heavy (non-hydrogen) atoms. The quantitative estimate of drug-likeness (QED) is 0.398. The zero-order chi connectivity index (χ0) is 16.1. The second kappa shape index (κ2) is 7.94. The van der Waals surface area contributed by atoms with E-state index in [1.807, 2.05) is 6.07 Å². The number of benzene rings is 3. The molecule has 0 heterocycles. The van der Waals surface area contributed by atoms with Crippen molar-refractivity contribution in [2.75, 3.05) is 0 Å². The number of alkyl halides is 2. The van der Waals surface area contributed by atoms with Gasteiger partial charge in [0.05, 0.1) is 4.83 Å². The Kier molecular flexibility index (Phi) is 5.69. The van der Waals surface area contributed by atoms with Crippen molar-refractivity contribution in [3.8, 4) is 0 Å². The molecule has 2 heteroatoms. The summed E-state index contributed by atoms with van der Waals surface area (Å²) in [5, 5.41) is 0.911. The fourth-order valence-corrected chi connectivity index (χ4v) is 3.59. The molecule has 0 aliphatic rings. The van der Waals surface area contributed by atoms with E-state index in [9.17, 15) is 0 Å². The molecule has 0 amide bonds. The fourth-order valence-electron chi connectivity index (χ4n) is 2.60. The van der Waals surface area contributed by atoms with Gasteiger partial charge in [-0.2, -0.15) is 0 Å². The van der Waals surface area contributed by atoms with Crippen LogP contribution < -0.4 is 0 Å². The molecule has 1 unspecified atom stereocenters. The molecule has 0 aliphatic carbocycles. The first-order chi connectivity index (χ1) is 11.3. The monoisotopic (exact) mass is 428 g/mol. The summed E-state index contributed by atoms with van der Waals surface area (Å²) in [4.78, 5) is 0.246. The van der Waals surface area contributed by atoms with Crippen molar-refractivity contribution >= 4 is 31.9 Å². The molecule has 0 fully saturated rings. The van der Waals surface area contributed by atoms with E-state index in [2.05, 4.69) is 105 Å². The topological polar surface area (TPSA) is 0 Å². The molecule has 0 N–H and O–H groups in total. The molecule has 1 atom stereocenters. The molecule has 0 saturated heterocycles. The van der Waals surface area contributed by atoms with Crippen molar-refractivity contribution in [2.45, 2.75) is 16.6 Å². The van der Waals surface area contributed by atoms with Crippen molar-refractivity contribution in [2.24, 2.45) is 0 Å². The number of hydrogen-bond acceptors (Lipinski definition) is 0. The first-order valence-corrected chi connectivity index (χ1v) is 9.71. The van der Waals surface area contributed by atoms with Crippen LogP contribution in [-0.2, 0) is 11.8 Å². The lowest BCUT2D eigenvalue weighted by atomic mass is 10.00. The van der Waals surface area contributed by atoms with Gasteiger partial charge in [0.15, 0.2) is 0 Å². The minimum Gasteiger partial charge on any atom is -0.0876 e. The highest BCUT2D eigenvalue weighted by Gasteiger charge is 2.09. The summed E-state index contributed by atoms with van der Waals surface area (Å²) in [6.07, 6.45) is 0.973. The number of halogens is 2. The highest BCUT2D eigenvalue weighted by atomic mass is 79.9. The third-order valence-corrected chi connectivity index (χ3v) is 5.65. The van der Waals surface area contributed by atoms with Crippen LogP contribution in [0.15, 0.2) is 78.9 Å². The maximum Gasteiger partial charge on any atom is 0.0644 e. The Hall–Kier alpha value is -1.38. The van der Waals surface area contributed by atoms with E-state index in [-0.39, 0.29) is 4.83 Å². The van der Waals surface area contributed by atoms with Crippen LogP contribution in [0.3, 0.4) is 0 Å². The molecule has 0 radical (unpaired) electrons. The zero-order valence-electron chi connectivity index (χ0n) is 12.8. The summed E-state index contributed by atoms with van der Waals surface area (Å²) in [6, 6.07) is 28.2. The average Bonchev–Trinajstić information content (AvgIpc) is 2.63. The van der Waals surface area contributed by atoms with Gasteiger partial charge in [-0.25, -0.2) is 0 Å². The van der Waals surface area contributed by atoms with Gasteiger partial charge in [0.25, 0.3) is 0 Å². The van der Waals surface area contributed by atoms with Crippen LogP contribution in [0, 0.1) is 0 Å². The van der Waals surface area contributed by atoms with Crippen molar-refractivity contribution in [3.63, 3.8) is 0 Å². The Labute approximate surface area is 154 Å². The summed E-state index contributed by atoms with van der Waals surface area (Å²) >= 11 is 7.28. The lowest BCUT2D eigenvalue weighted by molar-refractivity contribution is 1.14. The zero-order valence-corrected chi connectivity index (χ0v) is 15.9. The van der Waals surface area contributed by atoms with Crippen molar-refractivity contribution in [1.82, 2.24) is 0 Å². The molecule has 0 aliphatic heterocycles. The van der Waals surface area contributed by atoms with Gasteiger partial charge in [0.1, 0.15) is 0 Å². The standard InChI is InChI=1S/C21H18Br2/c22-15-18-8-6-16(7-9-18)14-17-10-12-20(13-11-17)21(23)19-4-2-1-3-5-19/h1-13,21H,14-15H2. The van der Waals surface area contributed by atoms with Gasteiger partial charge in [-0.15, -0.1) is 0 Å². The smallest absolute Gasteiger partial charge is 0.0644 e.